The van der Waals surface area contributed by atoms with Gasteiger partial charge >= 0.3 is 15.6 Å². The van der Waals surface area contributed by atoms with Gasteiger partial charge in [-0.1, -0.05) is 246 Å². The van der Waals surface area contributed by atoms with Crippen LogP contribution in [0.25, 0.3) is 0 Å². The van der Waals surface area contributed by atoms with Gasteiger partial charge in [-0.05, 0) is 32.1 Å². The fourth-order valence-corrected chi connectivity index (χ4v) is 12.8. The lowest BCUT2D eigenvalue weighted by atomic mass is 9.95. The highest BCUT2D eigenvalue weighted by atomic mass is 31.2. The first-order valence-electron chi connectivity index (χ1n) is 35.0. The number of carbonyl (C=O) groups is 3. The third kappa shape index (κ3) is 40.6. The molecule has 0 aromatic carbocycles. The number of Topliss-reactive ketones (excluding diaryl/α,β-unsaturated/α-hetero) is 1. The minimum atomic E-state index is -5.40. The summed E-state index contributed by atoms with van der Waals surface area (Å²) in [7, 11) is -9.34. The quantitative estimate of drug-likeness (QED) is 0.0159. The number of phosphoric acid groups is 2. The third-order valence-electron chi connectivity index (χ3n) is 16.9. The van der Waals surface area contributed by atoms with Crippen molar-refractivity contribution in [3.63, 3.8) is 0 Å². The zero-order chi connectivity index (χ0) is 64.7. The third-order valence-corrected chi connectivity index (χ3v) is 17.9. The summed E-state index contributed by atoms with van der Waals surface area (Å²) in [4.78, 5) is 81.9. The van der Waals surface area contributed by atoms with Crippen molar-refractivity contribution in [1.29, 1.82) is 0 Å². The van der Waals surface area contributed by atoms with Gasteiger partial charge in [-0.15, -0.1) is 0 Å². The maximum absolute atomic E-state index is 14.1. The second-order valence-corrected chi connectivity index (χ2v) is 27.4. The van der Waals surface area contributed by atoms with Crippen molar-refractivity contribution in [2.24, 2.45) is 0 Å². The number of nitrogens with one attached hydrogen (secondary N) is 2. The number of hydrogen-bond acceptors (Lipinski definition) is 15. The van der Waals surface area contributed by atoms with E-state index in [0.29, 0.717) is 25.7 Å². The van der Waals surface area contributed by atoms with Crippen molar-refractivity contribution in [3.05, 3.63) is 0 Å². The normalized spacial score (nSPS) is 22.9. The standard InChI is InChI=1S/C65H126N2O19P2/c1-6-10-14-18-21-24-25-26-27-28-29-31-33-37-41-45-56(70)66-59-63(81-48-46-52(68)43-39-35-17-13-9-4)61(85-87(73,74)75)55(50-79-5)84-64(59)82-51-54-60(72)62(80-47-42-38-34-23-20-16-12-8-3)58(65(83-54)86-88(76,77)78)67-57(71)49-53(69)44-40-36-32-30-22-19-15-11-7-2/h52,54-55,58-65,68,72H,6-51H2,1-5H3,(H,66,70)(H,67,71)(H2,73,74,75)(H2,76,77,78)/t52?,54-,55-,58-,59-,60-,61-,62-,63-,64-,65-/m1/s1. The fraction of sp³-hybridized carbons (Fsp3) is 0.954. The van der Waals surface area contributed by atoms with Crippen molar-refractivity contribution in [3.8, 4) is 0 Å². The maximum Gasteiger partial charge on any atom is 0.472 e. The molecule has 1 unspecified atom stereocenters. The average molecular weight is 1300 g/mol. The Bertz CT molecular complexity index is 1830. The Kier molecular flexibility index (Phi) is 48.7. The molecular weight excluding hydrogens is 1170 g/mol. The Morgan fingerprint density at radius 2 is 0.852 bits per heavy atom. The number of aliphatic hydroxyl groups is 2. The summed E-state index contributed by atoms with van der Waals surface area (Å²) in [6.45, 7) is 7.71. The number of ether oxygens (including phenoxy) is 6. The zero-order valence-corrected chi connectivity index (χ0v) is 57.1. The van der Waals surface area contributed by atoms with Crippen molar-refractivity contribution in [2.75, 3.05) is 33.5 Å². The molecule has 520 valence electrons. The number of phosphoric ester groups is 2. The minimum absolute atomic E-state index is 0.0717. The van der Waals surface area contributed by atoms with E-state index in [2.05, 4.69) is 38.3 Å². The minimum Gasteiger partial charge on any atom is -0.393 e. The molecule has 2 aliphatic heterocycles. The van der Waals surface area contributed by atoms with Gasteiger partial charge in [0, 0.05) is 33.2 Å². The van der Waals surface area contributed by atoms with Gasteiger partial charge in [0.05, 0.1) is 25.7 Å². The monoisotopic (exact) mass is 1300 g/mol. The van der Waals surface area contributed by atoms with Crippen LogP contribution in [0.4, 0.5) is 0 Å². The van der Waals surface area contributed by atoms with Gasteiger partial charge in [0.2, 0.25) is 11.8 Å². The molecule has 21 nitrogen and oxygen atoms in total. The van der Waals surface area contributed by atoms with E-state index in [1.54, 1.807) is 0 Å². The van der Waals surface area contributed by atoms with Crippen LogP contribution in [0.15, 0.2) is 0 Å². The lowest BCUT2D eigenvalue weighted by Crippen LogP contribution is -2.67. The highest BCUT2D eigenvalue weighted by Crippen LogP contribution is 2.44. The number of amides is 2. The largest absolute Gasteiger partial charge is 0.472 e. The van der Waals surface area contributed by atoms with E-state index in [1.165, 1.54) is 97.0 Å². The molecule has 0 bridgehead atoms. The molecule has 2 amide bonds. The van der Waals surface area contributed by atoms with Crippen LogP contribution in [0, 0.1) is 0 Å². The molecule has 0 saturated carbocycles. The number of ketones is 1. The molecule has 0 spiro atoms. The molecule has 11 atom stereocenters. The lowest BCUT2D eigenvalue weighted by molar-refractivity contribution is -0.301. The Morgan fingerprint density at radius 1 is 0.443 bits per heavy atom. The summed E-state index contributed by atoms with van der Waals surface area (Å²) in [5, 5.41) is 28.8. The van der Waals surface area contributed by atoms with Gasteiger partial charge < -0.3 is 68.8 Å². The van der Waals surface area contributed by atoms with Crippen LogP contribution in [0.3, 0.4) is 0 Å². The summed E-state index contributed by atoms with van der Waals surface area (Å²) in [5.74, 6) is -1.55. The molecule has 0 radical (unpaired) electrons. The molecule has 0 aliphatic carbocycles. The average Bonchev–Trinajstić information content (AvgIpc) is 2.12. The van der Waals surface area contributed by atoms with Gasteiger partial charge in [0.1, 0.15) is 54.5 Å². The number of methoxy groups -OCH3 is 1. The fourth-order valence-electron chi connectivity index (χ4n) is 11.8. The van der Waals surface area contributed by atoms with E-state index in [0.717, 1.165) is 128 Å². The van der Waals surface area contributed by atoms with E-state index in [4.69, 9.17) is 37.5 Å². The molecule has 2 saturated heterocycles. The molecule has 8 N–H and O–H groups in total. The molecule has 88 heavy (non-hydrogen) atoms. The predicted molar refractivity (Wildman–Crippen MR) is 342 cm³/mol. The Balaban J connectivity index is 2.42. The van der Waals surface area contributed by atoms with E-state index in [9.17, 15) is 53.3 Å². The molecule has 2 aliphatic rings. The molecule has 2 rings (SSSR count). The topological polar surface area (TPSA) is 305 Å². The van der Waals surface area contributed by atoms with E-state index in [-0.39, 0.29) is 44.9 Å². The summed E-state index contributed by atoms with van der Waals surface area (Å²) < 4.78 is 73.0. The lowest BCUT2D eigenvalue weighted by Gasteiger charge is -2.47. The van der Waals surface area contributed by atoms with Crippen molar-refractivity contribution in [2.45, 2.75) is 365 Å². The summed E-state index contributed by atoms with van der Waals surface area (Å²) in [6, 6.07) is -2.88. The number of carbonyl (C=O) groups excluding carboxylic acids is 3. The molecule has 0 aromatic rings. The van der Waals surface area contributed by atoms with Crippen molar-refractivity contribution < 1.29 is 90.8 Å². The Hall–Kier alpha value is -1.49. The second kappa shape index (κ2) is 51.9. The summed E-state index contributed by atoms with van der Waals surface area (Å²) in [5.41, 5.74) is 0. The number of rotatable bonds is 59. The first kappa shape index (κ1) is 82.6. The van der Waals surface area contributed by atoms with Crippen molar-refractivity contribution in [1.82, 2.24) is 10.6 Å². The van der Waals surface area contributed by atoms with Crippen LogP contribution in [0.1, 0.15) is 297 Å². The van der Waals surface area contributed by atoms with Crippen molar-refractivity contribution >= 4 is 33.2 Å². The highest BCUT2D eigenvalue weighted by molar-refractivity contribution is 7.46. The first-order chi connectivity index (χ1) is 42.4. The van der Waals surface area contributed by atoms with Crippen LogP contribution < -0.4 is 10.6 Å². The number of aliphatic hydroxyl groups excluding tert-OH is 2. The van der Waals surface area contributed by atoms with E-state index < -0.39 is 108 Å². The summed E-state index contributed by atoms with van der Waals surface area (Å²) in [6.07, 6.45) is 26.6. The van der Waals surface area contributed by atoms with E-state index in [1.807, 2.05) is 0 Å². The van der Waals surface area contributed by atoms with Crippen LogP contribution in [0.2, 0.25) is 0 Å². The van der Waals surface area contributed by atoms with Gasteiger partial charge in [-0.2, -0.15) is 0 Å². The van der Waals surface area contributed by atoms with Gasteiger partial charge in [0.15, 0.2) is 12.6 Å². The second-order valence-electron chi connectivity index (χ2n) is 25.0. The van der Waals surface area contributed by atoms with Crippen LogP contribution in [-0.4, -0.2) is 148 Å². The van der Waals surface area contributed by atoms with Gasteiger partial charge in [0.25, 0.3) is 0 Å². The van der Waals surface area contributed by atoms with Gasteiger partial charge in [-0.25, -0.2) is 9.13 Å². The SMILES string of the molecule is CCCCCCCCCCCCCCCCCC(=O)N[C@H]1[C@H](OC[C@H]2O[C@H](OP(=O)(O)O)[C@H](NC(=O)CC(=O)CCCCCCCCCCC)[C@@H](OCCCCCCCCCC)[C@@H]2O)O[C@H](COC)[C@@H](OP(=O)(O)O)[C@@H]1OCCC(O)CCCCCCC. The maximum atomic E-state index is 14.1. The Morgan fingerprint density at radius 3 is 1.33 bits per heavy atom. The molecular formula is C65H126N2O19P2. The molecule has 2 fully saturated rings. The van der Waals surface area contributed by atoms with Gasteiger partial charge in [-0.3, -0.25) is 23.4 Å². The van der Waals surface area contributed by atoms with Crippen LogP contribution in [-0.2, 0) is 61.0 Å². The number of unbranched alkanes of at least 4 members (excludes halogenated alkanes) is 33. The summed E-state index contributed by atoms with van der Waals surface area (Å²) >= 11 is 0. The molecule has 0 aromatic heterocycles. The van der Waals surface area contributed by atoms with E-state index >= 15 is 0 Å². The number of hydrogen-bond donors (Lipinski definition) is 8. The first-order valence-corrected chi connectivity index (χ1v) is 38.0. The molecule has 2 heterocycles. The Labute approximate surface area is 530 Å². The molecule has 23 heteroatoms. The van der Waals surface area contributed by atoms with Crippen LogP contribution >= 0.6 is 15.6 Å². The predicted octanol–water partition coefficient (Wildman–Crippen LogP) is 13.2. The highest BCUT2D eigenvalue weighted by Gasteiger charge is 2.53. The van der Waals surface area contributed by atoms with Crippen LogP contribution in [0.5, 0.6) is 0 Å². The zero-order valence-electron chi connectivity index (χ0n) is 55.3. The smallest absolute Gasteiger partial charge is 0.393 e.